The van der Waals surface area contributed by atoms with Crippen molar-refractivity contribution in [2.45, 2.75) is 145 Å². The lowest BCUT2D eigenvalue weighted by Gasteiger charge is -2.32. The van der Waals surface area contributed by atoms with Gasteiger partial charge in [-0.3, -0.25) is 9.59 Å². The molecule has 1 aliphatic heterocycles. The summed E-state index contributed by atoms with van der Waals surface area (Å²) in [6.07, 6.45) is 3.31. The first-order chi connectivity index (χ1) is 45.9. The van der Waals surface area contributed by atoms with Crippen molar-refractivity contribution < 1.29 is 74.4 Å². The fourth-order valence-corrected chi connectivity index (χ4v) is 10.8. The van der Waals surface area contributed by atoms with E-state index in [4.69, 9.17) is 47.2 Å². The summed E-state index contributed by atoms with van der Waals surface area (Å²) in [4.78, 5) is 41.1. The second kappa shape index (κ2) is 32.9. The molecule has 5 heterocycles. The summed E-state index contributed by atoms with van der Waals surface area (Å²) in [7, 11) is -0.291. The minimum Gasteiger partial charge on any atom is -0.476 e. The van der Waals surface area contributed by atoms with E-state index in [1.165, 1.54) is 84.2 Å². The van der Waals surface area contributed by atoms with Crippen molar-refractivity contribution >= 4 is 56.6 Å². The number of hydrogen-bond acceptors (Lipinski definition) is 18. The van der Waals surface area contributed by atoms with E-state index in [0.29, 0.717) is 52.1 Å². The van der Waals surface area contributed by atoms with E-state index in [1.54, 1.807) is 70.4 Å². The topological polar surface area (TPSA) is 214 Å². The normalized spacial score (nSPS) is 13.6. The zero-order chi connectivity index (χ0) is 72.1. The average molecular weight is 1460 g/mol. The molecule has 0 unspecified atom stereocenters. The Hall–Kier alpha value is -7.86. The minimum absolute atomic E-state index is 0.0593. The van der Waals surface area contributed by atoms with Gasteiger partial charge in [-0.1, -0.05) is 61.3 Å². The van der Waals surface area contributed by atoms with Gasteiger partial charge < -0.3 is 47.2 Å². The lowest BCUT2D eigenvalue weighted by Crippen LogP contribution is -2.41. The largest absolute Gasteiger partial charge is 0.496 e. The number of aryl methyl sites for hydroxylation is 2. The first-order valence-corrected chi connectivity index (χ1v) is 40.0. The van der Waals surface area contributed by atoms with Gasteiger partial charge in [0.1, 0.15) is 61.4 Å². The van der Waals surface area contributed by atoms with Crippen LogP contribution in [-0.2, 0) is 51.3 Å². The summed E-state index contributed by atoms with van der Waals surface area (Å²) in [5.74, 6) is -0.617. The van der Waals surface area contributed by atoms with Crippen LogP contribution in [0, 0.1) is 47.9 Å². The van der Waals surface area contributed by atoms with Crippen molar-refractivity contribution in [3.8, 4) is 69.2 Å². The number of carbonyl (C=O) groups is 2. The van der Waals surface area contributed by atoms with Gasteiger partial charge in [0.2, 0.25) is 11.8 Å². The molecular formula is C70H88BBrF4N8O12Si2. The van der Waals surface area contributed by atoms with Crippen LogP contribution < -0.4 is 24.4 Å². The molecule has 98 heavy (non-hydrogen) atoms. The fraction of sp³-hybridized carbons (Fsp3) is 0.429. The maximum Gasteiger partial charge on any atom is 0.496 e. The Labute approximate surface area is 581 Å². The molecule has 1 aliphatic rings. The standard InChI is InChI=1S/C32H38F2N4O5Si.C20H22BrF2N3O2Si.C18H28BNO5/c1-21-16-28(42-19-32(2,3)30(39)40-4)35-18-26(21)22-8-13-25(27(34)17-22)29-36-31(43-24-11-9-23(33)10-12-24)38(37-29)20-41-14-15-44(5,6)7;1-29(2,3)11-10-27-13-26-20(28-16-7-5-15(22)6-8-16)24-19(25-26)17-9-4-14(21)12-18(17)23;1-12-9-14(23-11-16(2,3)15(21)22-8)20-10-13(12)19-24-17(4,5)18(6,7)25-19/h8-13,16-18H,14-15,19-20H2,1-7H3;4-9,12H,10-11,13H2,1-3H3;9-10H,11H2,1-8H3. The van der Waals surface area contributed by atoms with Crippen LogP contribution >= 0.6 is 15.9 Å². The van der Waals surface area contributed by atoms with Gasteiger partial charge in [-0.2, -0.15) is 19.3 Å². The van der Waals surface area contributed by atoms with Crippen molar-refractivity contribution in [3.05, 3.63) is 148 Å². The highest BCUT2D eigenvalue weighted by atomic mass is 79.9. The van der Waals surface area contributed by atoms with Gasteiger partial charge in [0.15, 0.2) is 11.6 Å². The summed E-state index contributed by atoms with van der Waals surface area (Å²) < 4.78 is 116. The quantitative estimate of drug-likeness (QED) is 0.0213. The lowest BCUT2D eigenvalue weighted by atomic mass is 9.77. The van der Waals surface area contributed by atoms with E-state index < -0.39 is 62.7 Å². The zero-order valence-electron chi connectivity index (χ0n) is 59.0. The fourth-order valence-electron chi connectivity index (χ4n) is 8.94. The van der Waals surface area contributed by atoms with Crippen molar-refractivity contribution in [1.29, 1.82) is 0 Å². The molecule has 0 spiro atoms. The summed E-state index contributed by atoms with van der Waals surface area (Å²) >= 11 is 3.24. The average Bonchev–Trinajstić information content (AvgIpc) is 1.61. The molecule has 28 heteroatoms. The molecule has 9 rings (SSSR count). The van der Waals surface area contributed by atoms with E-state index in [-0.39, 0.29) is 79.2 Å². The summed E-state index contributed by atoms with van der Waals surface area (Å²) in [5, 5.41) is 8.83. The van der Waals surface area contributed by atoms with Crippen LogP contribution in [0.25, 0.3) is 33.9 Å². The van der Waals surface area contributed by atoms with Gasteiger partial charge in [0.05, 0.1) is 47.4 Å². The highest BCUT2D eigenvalue weighted by Crippen LogP contribution is 2.38. The molecule has 4 aromatic carbocycles. The first-order valence-electron chi connectivity index (χ1n) is 31.8. The predicted molar refractivity (Wildman–Crippen MR) is 375 cm³/mol. The molecule has 0 amide bonds. The van der Waals surface area contributed by atoms with Crippen LogP contribution in [0.2, 0.25) is 51.4 Å². The number of methoxy groups -OCH3 is 2. The maximum atomic E-state index is 15.6. The number of pyridine rings is 2. The number of benzene rings is 4. The van der Waals surface area contributed by atoms with Crippen molar-refractivity contribution in [3.63, 3.8) is 0 Å². The van der Waals surface area contributed by atoms with Crippen molar-refractivity contribution in [2.75, 3.05) is 40.6 Å². The highest BCUT2D eigenvalue weighted by molar-refractivity contribution is 9.10. The van der Waals surface area contributed by atoms with Crippen LogP contribution in [0.1, 0.15) is 66.5 Å². The minimum atomic E-state index is -1.30. The third kappa shape index (κ3) is 21.8. The molecule has 526 valence electrons. The second-order valence-electron chi connectivity index (χ2n) is 28.2. The number of aromatic nitrogens is 8. The Morgan fingerprint density at radius 3 is 1.39 bits per heavy atom. The number of ether oxygens (including phenoxy) is 8. The summed E-state index contributed by atoms with van der Waals surface area (Å²) in [6, 6.07) is 26.2. The SMILES string of the molecule is COC(=O)C(C)(C)COc1cc(C)c(-c2ccc(-c3nc(Oc4ccc(F)cc4)n(COCC[Si](C)(C)C)n3)c(F)c2)cn1.COC(=O)C(C)(C)COc1cc(C)c(B2OC(C)(C)C(C)(C)O2)cn1.C[Si](C)(C)CCOCn1nc(-c2ccc(Br)cc2F)nc1Oc1ccc(F)cc1. The molecule has 1 fully saturated rings. The molecule has 0 N–H and O–H groups in total. The van der Waals surface area contributed by atoms with Gasteiger partial charge in [-0.05, 0) is 177 Å². The Bertz CT molecular complexity index is 4000. The third-order valence-corrected chi connectivity index (χ3v) is 19.7. The van der Waals surface area contributed by atoms with Gasteiger partial charge in [-0.25, -0.2) is 27.5 Å². The number of esters is 2. The molecular weight excluding hydrogens is 1370 g/mol. The smallest absolute Gasteiger partial charge is 0.476 e. The summed E-state index contributed by atoms with van der Waals surface area (Å²) in [5.41, 5.74) is 2.00. The van der Waals surface area contributed by atoms with Crippen LogP contribution in [0.4, 0.5) is 17.6 Å². The van der Waals surface area contributed by atoms with Crippen molar-refractivity contribution in [2.24, 2.45) is 10.8 Å². The lowest BCUT2D eigenvalue weighted by molar-refractivity contribution is -0.153. The number of carbonyl (C=O) groups excluding carboxylic acids is 2. The molecule has 1 saturated heterocycles. The zero-order valence-corrected chi connectivity index (χ0v) is 62.6. The Balaban J connectivity index is 0.000000218. The number of nitrogens with zero attached hydrogens (tertiary/aromatic N) is 8. The predicted octanol–water partition coefficient (Wildman–Crippen LogP) is 15.6. The maximum absolute atomic E-state index is 15.6. The van der Waals surface area contributed by atoms with Gasteiger partial charge in [-0.15, -0.1) is 10.2 Å². The van der Waals surface area contributed by atoms with Gasteiger partial charge in [0.25, 0.3) is 0 Å². The first kappa shape index (κ1) is 77.5. The third-order valence-electron chi connectivity index (χ3n) is 15.8. The number of halogens is 5. The molecule has 0 radical (unpaired) electrons. The Morgan fingerprint density at radius 1 is 0.571 bits per heavy atom. The monoisotopic (exact) mass is 1450 g/mol. The number of hydrogen-bond donors (Lipinski definition) is 0. The molecule has 0 saturated carbocycles. The molecule has 20 nitrogen and oxygen atoms in total. The van der Waals surface area contributed by atoms with Gasteiger partial charge in [0, 0.05) is 69.4 Å². The Morgan fingerprint density at radius 2 is 0.990 bits per heavy atom. The van der Waals surface area contributed by atoms with E-state index in [9.17, 15) is 22.8 Å². The highest BCUT2D eigenvalue weighted by Gasteiger charge is 2.52. The Kier molecular flexibility index (Phi) is 26.0. The molecule has 4 aromatic heterocycles. The van der Waals surface area contributed by atoms with Crippen LogP contribution in [0.5, 0.6) is 35.3 Å². The van der Waals surface area contributed by atoms with E-state index in [2.05, 4.69) is 85.3 Å². The van der Waals surface area contributed by atoms with Crippen LogP contribution in [0.15, 0.2) is 114 Å². The second-order valence-corrected chi connectivity index (χ2v) is 40.4. The molecule has 0 aliphatic carbocycles. The van der Waals surface area contributed by atoms with Crippen LogP contribution in [-0.4, -0.2) is 127 Å². The van der Waals surface area contributed by atoms with E-state index >= 15 is 4.39 Å². The van der Waals surface area contributed by atoms with E-state index in [0.717, 1.165) is 28.7 Å². The van der Waals surface area contributed by atoms with Crippen LogP contribution in [0.3, 0.4) is 0 Å². The molecule has 0 atom stereocenters. The molecule has 0 bridgehead atoms. The van der Waals surface area contributed by atoms with Crippen molar-refractivity contribution in [1.82, 2.24) is 39.5 Å². The van der Waals surface area contributed by atoms with E-state index in [1.807, 2.05) is 47.6 Å². The summed E-state index contributed by atoms with van der Waals surface area (Å²) in [6.45, 7) is 34.0. The van der Waals surface area contributed by atoms with Gasteiger partial charge >= 0.3 is 31.1 Å². The molecule has 8 aromatic rings. The number of rotatable bonds is 26.